The van der Waals surface area contributed by atoms with E-state index < -0.39 is 0 Å². The SMILES string of the molecule is COC1CC(NN2CCN(C)CC2)C1. The Morgan fingerprint density at radius 3 is 2.36 bits per heavy atom. The van der Waals surface area contributed by atoms with E-state index in [1.54, 1.807) is 7.11 Å². The van der Waals surface area contributed by atoms with E-state index in [2.05, 4.69) is 22.4 Å². The van der Waals surface area contributed by atoms with Crippen LogP contribution >= 0.6 is 0 Å². The molecule has 1 heterocycles. The van der Waals surface area contributed by atoms with Gasteiger partial charge in [-0.25, -0.2) is 5.01 Å². The van der Waals surface area contributed by atoms with E-state index in [9.17, 15) is 0 Å². The molecule has 0 radical (unpaired) electrons. The molecule has 0 aromatic carbocycles. The molecule has 0 amide bonds. The number of nitrogens with one attached hydrogen (secondary N) is 1. The Kier molecular flexibility index (Phi) is 3.38. The van der Waals surface area contributed by atoms with E-state index in [0.29, 0.717) is 12.1 Å². The normalized spacial score (nSPS) is 35.6. The summed E-state index contributed by atoms with van der Waals surface area (Å²) in [6.07, 6.45) is 2.84. The number of piperazine rings is 1. The number of rotatable bonds is 3. The van der Waals surface area contributed by atoms with Gasteiger partial charge < -0.3 is 9.64 Å². The molecule has 82 valence electrons. The molecule has 1 saturated carbocycles. The van der Waals surface area contributed by atoms with Crippen LogP contribution in [0.25, 0.3) is 0 Å². The smallest absolute Gasteiger partial charge is 0.0602 e. The zero-order valence-electron chi connectivity index (χ0n) is 9.20. The Balaban J connectivity index is 1.62. The fourth-order valence-corrected chi connectivity index (χ4v) is 2.06. The van der Waals surface area contributed by atoms with Crippen LogP contribution in [0.4, 0.5) is 0 Å². The molecule has 4 heteroatoms. The van der Waals surface area contributed by atoms with Crippen molar-refractivity contribution in [3.05, 3.63) is 0 Å². The Morgan fingerprint density at radius 2 is 1.79 bits per heavy atom. The van der Waals surface area contributed by atoms with Gasteiger partial charge in [-0.15, -0.1) is 0 Å². The number of hydrogen-bond acceptors (Lipinski definition) is 4. The van der Waals surface area contributed by atoms with Gasteiger partial charge in [0.15, 0.2) is 0 Å². The minimum Gasteiger partial charge on any atom is -0.381 e. The molecule has 0 spiro atoms. The summed E-state index contributed by atoms with van der Waals surface area (Å²) in [5, 5.41) is 2.36. The van der Waals surface area contributed by atoms with Crippen LogP contribution in [0.1, 0.15) is 12.8 Å². The first-order valence-corrected chi connectivity index (χ1v) is 5.50. The van der Waals surface area contributed by atoms with Crippen LogP contribution in [0.5, 0.6) is 0 Å². The van der Waals surface area contributed by atoms with Crippen LogP contribution in [0.2, 0.25) is 0 Å². The predicted molar refractivity (Wildman–Crippen MR) is 56.0 cm³/mol. The van der Waals surface area contributed by atoms with Crippen LogP contribution in [-0.4, -0.2) is 62.4 Å². The third-order valence-electron chi connectivity index (χ3n) is 3.30. The highest BCUT2D eigenvalue weighted by Gasteiger charge is 2.30. The van der Waals surface area contributed by atoms with E-state index in [0.717, 1.165) is 13.1 Å². The molecule has 1 N–H and O–H groups in total. The minimum atomic E-state index is 0.500. The van der Waals surface area contributed by atoms with Gasteiger partial charge in [-0.1, -0.05) is 0 Å². The van der Waals surface area contributed by atoms with Crippen molar-refractivity contribution < 1.29 is 4.74 Å². The number of likely N-dealkylation sites (N-methyl/N-ethyl adjacent to an activating group) is 1. The van der Waals surface area contributed by atoms with E-state index in [1.165, 1.54) is 25.9 Å². The third kappa shape index (κ3) is 2.45. The third-order valence-corrected chi connectivity index (χ3v) is 3.30. The summed E-state index contributed by atoms with van der Waals surface area (Å²) in [4.78, 5) is 2.37. The standard InChI is InChI=1S/C10H21N3O/c1-12-3-5-13(6-4-12)11-9-7-10(8-9)14-2/h9-11H,3-8H2,1-2H3. The van der Waals surface area contributed by atoms with Gasteiger partial charge in [-0.3, -0.25) is 5.43 Å². The molecule has 14 heavy (non-hydrogen) atoms. The topological polar surface area (TPSA) is 27.7 Å². The first kappa shape index (κ1) is 10.4. The second-order valence-corrected chi connectivity index (χ2v) is 4.45. The van der Waals surface area contributed by atoms with Gasteiger partial charge in [-0.2, -0.15) is 0 Å². The highest BCUT2D eigenvalue weighted by atomic mass is 16.5. The summed E-state index contributed by atoms with van der Waals surface area (Å²) in [6.45, 7) is 4.64. The van der Waals surface area contributed by atoms with Gasteiger partial charge in [0.1, 0.15) is 0 Å². The molecule has 0 aromatic heterocycles. The van der Waals surface area contributed by atoms with Gasteiger partial charge in [0.2, 0.25) is 0 Å². The summed E-state index contributed by atoms with van der Waals surface area (Å²) in [7, 11) is 3.98. The molecule has 2 fully saturated rings. The first-order valence-electron chi connectivity index (χ1n) is 5.50. The Hall–Kier alpha value is -0.160. The van der Waals surface area contributed by atoms with Crippen LogP contribution in [0.3, 0.4) is 0 Å². The highest BCUT2D eigenvalue weighted by molar-refractivity contribution is 4.85. The van der Waals surface area contributed by atoms with Crippen molar-refractivity contribution in [3.63, 3.8) is 0 Å². The zero-order chi connectivity index (χ0) is 9.97. The molecule has 1 saturated heterocycles. The first-order chi connectivity index (χ1) is 6.78. The quantitative estimate of drug-likeness (QED) is 0.688. The Morgan fingerprint density at radius 1 is 1.14 bits per heavy atom. The fraction of sp³-hybridized carbons (Fsp3) is 1.00. The maximum atomic E-state index is 5.26. The molecule has 0 unspecified atom stereocenters. The second kappa shape index (κ2) is 4.57. The highest BCUT2D eigenvalue weighted by Crippen LogP contribution is 2.22. The van der Waals surface area contributed by atoms with Crippen LogP contribution < -0.4 is 5.43 Å². The number of nitrogens with zero attached hydrogens (tertiary/aromatic N) is 2. The Bertz CT molecular complexity index is 174. The maximum Gasteiger partial charge on any atom is 0.0602 e. The lowest BCUT2D eigenvalue weighted by Crippen LogP contribution is -2.57. The summed E-state index contributed by atoms with van der Waals surface area (Å²) in [5.41, 5.74) is 3.57. The lowest BCUT2D eigenvalue weighted by Gasteiger charge is -2.41. The van der Waals surface area contributed by atoms with Crippen molar-refractivity contribution in [2.24, 2.45) is 0 Å². The largest absolute Gasteiger partial charge is 0.381 e. The zero-order valence-corrected chi connectivity index (χ0v) is 9.20. The molecule has 1 aliphatic heterocycles. The average molecular weight is 199 g/mol. The van der Waals surface area contributed by atoms with Crippen LogP contribution in [-0.2, 0) is 4.74 Å². The van der Waals surface area contributed by atoms with Gasteiger partial charge >= 0.3 is 0 Å². The number of hydrogen-bond donors (Lipinski definition) is 1. The van der Waals surface area contributed by atoms with Crippen molar-refractivity contribution >= 4 is 0 Å². The summed E-state index contributed by atoms with van der Waals surface area (Å²) < 4.78 is 5.26. The van der Waals surface area contributed by atoms with Crippen molar-refractivity contribution in [3.8, 4) is 0 Å². The fourth-order valence-electron chi connectivity index (χ4n) is 2.06. The van der Waals surface area contributed by atoms with Gasteiger partial charge in [0, 0.05) is 39.3 Å². The molecule has 0 bridgehead atoms. The van der Waals surface area contributed by atoms with Gasteiger partial charge in [0.25, 0.3) is 0 Å². The predicted octanol–water partition coefficient (Wildman–Crippen LogP) is -0.0842. The van der Waals surface area contributed by atoms with Crippen LogP contribution in [0, 0.1) is 0 Å². The molecule has 1 aliphatic carbocycles. The van der Waals surface area contributed by atoms with Crippen molar-refractivity contribution in [2.75, 3.05) is 40.3 Å². The molecule has 0 atom stereocenters. The van der Waals surface area contributed by atoms with E-state index in [1.807, 2.05) is 0 Å². The van der Waals surface area contributed by atoms with E-state index in [4.69, 9.17) is 4.74 Å². The lowest BCUT2D eigenvalue weighted by molar-refractivity contribution is -0.0180. The molecule has 2 rings (SSSR count). The van der Waals surface area contributed by atoms with Gasteiger partial charge in [0.05, 0.1) is 6.10 Å². The Labute approximate surface area is 86.2 Å². The number of methoxy groups -OCH3 is 1. The van der Waals surface area contributed by atoms with E-state index >= 15 is 0 Å². The maximum absolute atomic E-state index is 5.26. The number of ether oxygens (including phenoxy) is 1. The average Bonchev–Trinajstić information content (AvgIpc) is 2.13. The summed E-state index contributed by atoms with van der Waals surface area (Å²) in [6, 6.07) is 0.656. The van der Waals surface area contributed by atoms with E-state index in [-0.39, 0.29) is 0 Å². The molecular formula is C10H21N3O. The molecule has 0 aromatic rings. The van der Waals surface area contributed by atoms with Crippen molar-refractivity contribution in [1.82, 2.24) is 15.3 Å². The lowest BCUT2D eigenvalue weighted by atomic mass is 9.90. The molecule has 2 aliphatic rings. The van der Waals surface area contributed by atoms with Gasteiger partial charge in [-0.05, 0) is 19.9 Å². The van der Waals surface area contributed by atoms with Crippen LogP contribution in [0.15, 0.2) is 0 Å². The summed E-state index contributed by atoms with van der Waals surface area (Å²) >= 11 is 0. The monoisotopic (exact) mass is 199 g/mol. The summed E-state index contributed by atoms with van der Waals surface area (Å²) in [5.74, 6) is 0. The molecular weight excluding hydrogens is 178 g/mol. The molecule has 4 nitrogen and oxygen atoms in total. The second-order valence-electron chi connectivity index (χ2n) is 4.45. The van der Waals surface area contributed by atoms with Crippen molar-refractivity contribution in [2.45, 2.75) is 25.0 Å². The number of hydrazine groups is 1. The minimum absolute atomic E-state index is 0.500. The van der Waals surface area contributed by atoms with Crippen molar-refractivity contribution in [1.29, 1.82) is 0 Å².